The standard InChI is InChI=1S/C13H13N5O2/c14-8-9-11(10-2-1-5-20-10)16-13(15)17-12(9)18-3-6-19-7-4-18/h1-2,5H,3-4,6-7H2,(H2,15,16,17). The summed E-state index contributed by atoms with van der Waals surface area (Å²) >= 11 is 0. The summed E-state index contributed by atoms with van der Waals surface area (Å²) in [5.41, 5.74) is 6.56. The van der Waals surface area contributed by atoms with E-state index < -0.39 is 0 Å². The molecule has 7 heteroatoms. The molecule has 1 aliphatic rings. The molecule has 102 valence electrons. The van der Waals surface area contributed by atoms with Crippen LogP contribution in [0.25, 0.3) is 11.5 Å². The van der Waals surface area contributed by atoms with Crippen LogP contribution in [0.3, 0.4) is 0 Å². The Bertz CT molecular complexity index is 642. The van der Waals surface area contributed by atoms with E-state index in [0.717, 1.165) is 0 Å². The Morgan fingerprint density at radius 1 is 1.30 bits per heavy atom. The van der Waals surface area contributed by atoms with Gasteiger partial charge in [0, 0.05) is 13.1 Å². The fourth-order valence-corrected chi connectivity index (χ4v) is 2.16. The topological polar surface area (TPSA) is 101 Å². The van der Waals surface area contributed by atoms with Gasteiger partial charge < -0.3 is 19.8 Å². The van der Waals surface area contributed by atoms with Crippen molar-refractivity contribution in [2.75, 3.05) is 36.9 Å². The SMILES string of the molecule is N#Cc1c(-c2ccco2)nc(N)nc1N1CCOCC1. The zero-order chi connectivity index (χ0) is 13.9. The maximum Gasteiger partial charge on any atom is 0.222 e. The average molecular weight is 271 g/mol. The van der Waals surface area contributed by atoms with Crippen molar-refractivity contribution in [3.63, 3.8) is 0 Å². The lowest BCUT2D eigenvalue weighted by Gasteiger charge is -2.28. The van der Waals surface area contributed by atoms with Crippen molar-refractivity contribution in [3.8, 4) is 17.5 Å². The zero-order valence-corrected chi connectivity index (χ0v) is 10.7. The summed E-state index contributed by atoms with van der Waals surface area (Å²) in [5, 5.41) is 9.45. The molecule has 0 spiro atoms. The first kappa shape index (κ1) is 12.4. The lowest BCUT2D eigenvalue weighted by molar-refractivity contribution is 0.122. The van der Waals surface area contributed by atoms with Gasteiger partial charge in [-0.1, -0.05) is 0 Å². The van der Waals surface area contributed by atoms with Gasteiger partial charge in [-0.25, -0.2) is 4.98 Å². The van der Waals surface area contributed by atoms with Gasteiger partial charge in [-0.2, -0.15) is 10.2 Å². The van der Waals surface area contributed by atoms with Crippen LogP contribution in [-0.4, -0.2) is 36.3 Å². The second-order valence-corrected chi connectivity index (χ2v) is 4.32. The highest BCUT2D eigenvalue weighted by molar-refractivity contribution is 5.71. The van der Waals surface area contributed by atoms with Crippen molar-refractivity contribution in [2.45, 2.75) is 0 Å². The van der Waals surface area contributed by atoms with E-state index in [9.17, 15) is 5.26 Å². The number of nitrogen functional groups attached to an aromatic ring is 1. The van der Waals surface area contributed by atoms with E-state index in [1.807, 2.05) is 4.90 Å². The van der Waals surface area contributed by atoms with Crippen LogP contribution in [0.15, 0.2) is 22.8 Å². The molecular formula is C13H13N5O2. The molecular weight excluding hydrogens is 258 g/mol. The third-order valence-corrected chi connectivity index (χ3v) is 3.08. The smallest absolute Gasteiger partial charge is 0.222 e. The van der Waals surface area contributed by atoms with Crippen LogP contribution >= 0.6 is 0 Å². The molecule has 0 unspecified atom stereocenters. The number of furan rings is 1. The van der Waals surface area contributed by atoms with Crippen LogP contribution in [0.1, 0.15) is 5.56 Å². The summed E-state index contributed by atoms with van der Waals surface area (Å²) in [5.74, 6) is 1.16. The highest BCUT2D eigenvalue weighted by Crippen LogP contribution is 2.29. The number of morpholine rings is 1. The molecule has 0 saturated carbocycles. The first-order valence-electron chi connectivity index (χ1n) is 6.24. The number of nitrogens with two attached hydrogens (primary N) is 1. The summed E-state index contributed by atoms with van der Waals surface area (Å²) in [7, 11) is 0. The van der Waals surface area contributed by atoms with E-state index in [-0.39, 0.29) is 5.95 Å². The van der Waals surface area contributed by atoms with Crippen LogP contribution in [0.5, 0.6) is 0 Å². The molecule has 0 atom stereocenters. The fourth-order valence-electron chi connectivity index (χ4n) is 2.16. The predicted molar refractivity (Wildman–Crippen MR) is 71.9 cm³/mol. The van der Waals surface area contributed by atoms with Gasteiger partial charge in [-0.15, -0.1) is 0 Å². The lowest BCUT2D eigenvalue weighted by atomic mass is 10.1. The van der Waals surface area contributed by atoms with Gasteiger partial charge in [0.05, 0.1) is 19.5 Å². The second kappa shape index (κ2) is 5.19. The van der Waals surface area contributed by atoms with Crippen LogP contribution in [0.2, 0.25) is 0 Å². The molecule has 20 heavy (non-hydrogen) atoms. The first-order chi connectivity index (χ1) is 9.79. The molecule has 3 rings (SSSR count). The first-order valence-corrected chi connectivity index (χ1v) is 6.24. The summed E-state index contributed by atoms with van der Waals surface area (Å²) in [6.07, 6.45) is 1.53. The van der Waals surface area contributed by atoms with Gasteiger partial charge in [0.2, 0.25) is 5.95 Å². The lowest BCUT2D eigenvalue weighted by Crippen LogP contribution is -2.37. The minimum atomic E-state index is 0.122. The van der Waals surface area contributed by atoms with Crippen LogP contribution in [0, 0.1) is 11.3 Å². The number of ether oxygens (including phenoxy) is 1. The van der Waals surface area contributed by atoms with Crippen LogP contribution in [-0.2, 0) is 4.74 Å². The van der Waals surface area contributed by atoms with Gasteiger partial charge in [-0.05, 0) is 12.1 Å². The van der Waals surface area contributed by atoms with E-state index in [1.54, 1.807) is 12.1 Å². The van der Waals surface area contributed by atoms with E-state index in [2.05, 4.69) is 16.0 Å². The monoisotopic (exact) mass is 271 g/mol. The van der Waals surface area contributed by atoms with E-state index in [1.165, 1.54) is 6.26 Å². The van der Waals surface area contributed by atoms with Crippen molar-refractivity contribution in [1.82, 2.24) is 9.97 Å². The number of nitriles is 1. The van der Waals surface area contributed by atoms with Gasteiger partial charge >= 0.3 is 0 Å². The van der Waals surface area contributed by atoms with Gasteiger partial charge in [-0.3, -0.25) is 0 Å². The Kier molecular flexibility index (Phi) is 3.23. The minimum absolute atomic E-state index is 0.122. The highest BCUT2D eigenvalue weighted by Gasteiger charge is 2.22. The summed E-state index contributed by atoms with van der Waals surface area (Å²) < 4.78 is 10.6. The van der Waals surface area contributed by atoms with Crippen LogP contribution in [0.4, 0.5) is 11.8 Å². The van der Waals surface area contributed by atoms with Gasteiger partial charge in [0.1, 0.15) is 17.3 Å². The minimum Gasteiger partial charge on any atom is -0.463 e. The summed E-state index contributed by atoms with van der Waals surface area (Å²) in [6.45, 7) is 2.54. The maximum atomic E-state index is 9.45. The van der Waals surface area contributed by atoms with Crippen molar-refractivity contribution < 1.29 is 9.15 Å². The van der Waals surface area contributed by atoms with E-state index >= 15 is 0 Å². The molecule has 1 saturated heterocycles. The molecule has 1 aliphatic heterocycles. The third-order valence-electron chi connectivity index (χ3n) is 3.08. The van der Waals surface area contributed by atoms with Crippen molar-refractivity contribution in [2.24, 2.45) is 0 Å². The molecule has 0 aromatic carbocycles. The number of anilines is 2. The zero-order valence-electron chi connectivity index (χ0n) is 10.7. The Balaban J connectivity index is 2.12. The Hall–Kier alpha value is -2.59. The Morgan fingerprint density at radius 2 is 2.10 bits per heavy atom. The Morgan fingerprint density at radius 3 is 2.75 bits per heavy atom. The number of hydrogen-bond acceptors (Lipinski definition) is 7. The molecule has 0 amide bonds. The molecule has 0 aliphatic carbocycles. The quantitative estimate of drug-likeness (QED) is 0.870. The van der Waals surface area contributed by atoms with Crippen LogP contribution < -0.4 is 10.6 Å². The molecule has 7 nitrogen and oxygen atoms in total. The van der Waals surface area contributed by atoms with Gasteiger partial charge in [0.15, 0.2) is 11.6 Å². The molecule has 0 radical (unpaired) electrons. The highest BCUT2D eigenvalue weighted by atomic mass is 16.5. The molecule has 2 aromatic rings. The molecule has 2 N–H and O–H groups in total. The van der Waals surface area contributed by atoms with Crippen molar-refractivity contribution in [3.05, 3.63) is 24.0 Å². The van der Waals surface area contributed by atoms with E-state index in [0.29, 0.717) is 49.1 Å². The molecule has 0 bridgehead atoms. The van der Waals surface area contributed by atoms with E-state index in [4.69, 9.17) is 14.9 Å². The number of hydrogen-bond donors (Lipinski definition) is 1. The normalized spacial score (nSPS) is 15.1. The maximum absolute atomic E-state index is 9.45. The molecule has 3 heterocycles. The summed E-state index contributed by atoms with van der Waals surface area (Å²) in [6, 6.07) is 5.63. The molecule has 2 aromatic heterocycles. The second-order valence-electron chi connectivity index (χ2n) is 4.32. The Labute approximate surface area is 115 Å². The number of rotatable bonds is 2. The largest absolute Gasteiger partial charge is 0.463 e. The predicted octanol–water partition coefficient (Wildman–Crippen LogP) is 1.03. The van der Waals surface area contributed by atoms with Gasteiger partial charge in [0.25, 0.3) is 0 Å². The van der Waals surface area contributed by atoms with Crippen molar-refractivity contribution >= 4 is 11.8 Å². The number of aromatic nitrogens is 2. The summed E-state index contributed by atoms with van der Waals surface area (Å²) in [4.78, 5) is 10.3. The molecule has 1 fully saturated rings. The fraction of sp³-hybridized carbons (Fsp3) is 0.308. The van der Waals surface area contributed by atoms with Crippen molar-refractivity contribution in [1.29, 1.82) is 5.26 Å². The average Bonchev–Trinajstić information content (AvgIpc) is 3.01. The third kappa shape index (κ3) is 2.17. The number of nitrogens with zero attached hydrogens (tertiary/aromatic N) is 4.